The topological polar surface area (TPSA) is 90.6 Å². The standard InChI is InChI=1S/C20H23N5O4/c1-23-16-5-4-9-21-18(16)25(20(23)27)13-8-10-24(12-13)19(26)22-15-11-14(28-2)6-7-17(15)29-3/h4-7,9,11,13H,8,10,12H2,1-3H3,(H,22,26)/t13-/m1/s1. The summed E-state index contributed by atoms with van der Waals surface area (Å²) in [6.45, 7) is 0.964. The predicted octanol–water partition coefficient (Wildman–Crippen LogP) is 2.23. The van der Waals surface area contributed by atoms with Crippen LogP contribution in [0.15, 0.2) is 41.3 Å². The van der Waals surface area contributed by atoms with Gasteiger partial charge in [-0.05, 0) is 30.7 Å². The van der Waals surface area contributed by atoms with E-state index in [1.54, 1.807) is 59.7 Å². The molecule has 0 saturated carbocycles. The number of imidazole rings is 1. The van der Waals surface area contributed by atoms with Crippen LogP contribution < -0.4 is 20.5 Å². The van der Waals surface area contributed by atoms with E-state index >= 15 is 0 Å². The number of likely N-dealkylation sites (tertiary alicyclic amines) is 1. The molecule has 1 aromatic carbocycles. The van der Waals surface area contributed by atoms with Crippen molar-refractivity contribution in [2.75, 3.05) is 32.6 Å². The third-order valence-electron chi connectivity index (χ3n) is 5.31. The average molecular weight is 397 g/mol. The van der Waals surface area contributed by atoms with Gasteiger partial charge in [0, 0.05) is 32.4 Å². The maximum atomic E-state index is 12.8. The van der Waals surface area contributed by atoms with Crippen LogP contribution in [-0.4, -0.2) is 52.4 Å². The Labute approximate surface area is 167 Å². The molecule has 0 spiro atoms. The van der Waals surface area contributed by atoms with Gasteiger partial charge in [0.2, 0.25) is 0 Å². The van der Waals surface area contributed by atoms with Crippen LogP contribution in [-0.2, 0) is 7.05 Å². The molecule has 2 amide bonds. The molecule has 3 aromatic rings. The highest BCUT2D eigenvalue weighted by molar-refractivity contribution is 5.91. The van der Waals surface area contributed by atoms with Gasteiger partial charge < -0.3 is 19.7 Å². The fraction of sp³-hybridized carbons (Fsp3) is 0.350. The smallest absolute Gasteiger partial charge is 0.330 e. The summed E-state index contributed by atoms with van der Waals surface area (Å²) in [5.74, 6) is 1.16. The Balaban J connectivity index is 1.55. The van der Waals surface area contributed by atoms with Crippen LogP contribution >= 0.6 is 0 Å². The number of aromatic nitrogens is 3. The van der Waals surface area contributed by atoms with Crippen molar-refractivity contribution in [2.45, 2.75) is 12.5 Å². The first kappa shape index (κ1) is 18.9. The Kier molecular flexibility index (Phi) is 4.87. The molecule has 0 aliphatic carbocycles. The van der Waals surface area contributed by atoms with Crippen LogP contribution in [0.5, 0.6) is 11.5 Å². The molecule has 1 atom stereocenters. The second kappa shape index (κ2) is 7.50. The van der Waals surface area contributed by atoms with Crippen LogP contribution in [0.4, 0.5) is 10.5 Å². The Bertz CT molecular complexity index is 1120. The molecule has 9 nitrogen and oxygen atoms in total. The number of hydrogen-bond acceptors (Lipinski definition) is 5. The van der Waals surface area contributed by atoms with Gasteiger partial charge in [0.15, 0.2) is 5.65 Å². The summed E-state index contributed by atoms with van der Waals surface area (Å²) in [5, 5.41) is 2.88. The van der Waals surface area contributed by atoms with Crippen LogP contribution in [0.2, 0.25) is 0 Å². The third kappa shape index (κ3) is 3.28. The molecule has 152 valence electrons. The van der Waals surface area contributed by atoms with Crippen molar-refractivity contribution in [3.8, 4) is 11.5 Å². The molecule has 0 radical (unpaired) electrons. The minimum atomic E-state index is -0.250. The van der Waals surface area contributed by atoms with E-state index in [9.17, 15) is 9.59 Å². The molecule has 4 rings (SSSR count). The lowest BCUT2D eigenvalue weighted by molar-refractivity contribution is 0.220. The highest BCUT2D eigenvalue weighted by Gasteiger charge is 2.31. The van der Waals surface area contributed by atoms with E-state index in [1.165, 1.54) is 0 Å². The molecule has 1 saturated heterocycles. The first-order chi connectivity index (χ1) is 14.0. The van der Waals surface area contributed by atoms with E-state index in [0.29, 0.717) is 42.3 Å². The highest BCUT2D eigenvalue weighted by atomic mass is 16.5. The van der Waals surface area contributed by atoms with E-state index in [-0.39, 0.29) is 17.8 Å². The molecule has 3 heterocycles. The van der Waals surface area contributed by atoms with E-state index in [1.807, 2.05) is 12.1 Å². The van der Waals surface area contributed by atoms with E-state index in [2.05, 4.69) is 10.3 Å². The number of aryl methyl sites for hydroxylation is 1. The van der Waals surface area contributed by atoms with Gasteiger partial charge in [0.1, 0.15) is 11.5 Å². The van der Waals surface area contributed by atoms with Gasteiger partial charge in [-0.1, -0.05) is 0 Å². The normalized spacial score (nSPS) is 16.2. The number of pyridine rings is 1. The third-order valence-corrected chi connectivity index (χ3v) is 5.31. The number of nitrogens with zero attached hydrogens (tertiary/aromatic N) is 4. The van der Waals surface area contributed by atoms with Crippen molar-refractivity contribution >= 4 is 22.9 Å². The largest absolute Gasteiger partial charge is 0.497 e. The summed E-state index contributed by atoms with van der Waals surface area (Å²) in [5.41, 5.74) is 1.83. The van der Waals surface area contributed by atoms with E-state index in [4.69, 9.17) is 9.47 Å². The fourth-order valence-electron chi connectivity index (χ4n) is 3.76. The minimum Gasteiger partial charge on any atom is -0.497 e. The summed E-state index contributed by atoms with van der Waals surface area (Å²) in [4.78, 5) is 31.6. The van der Waals surface area contributed by atoms with Crippen molar-refractivity contribution in [3.05, 3.63) is 47.0 Å². The molecule has 1 N–H and O–H groups in total. The van der Waals surface area contributed by atoms with Gasteiger partial charge in [-0.3, -0.25) is 9.13 Å². The van der Waals surface area contributed by atoms with Crippen molar-refractivity contribution < 1.29 is 14.3 Å². The van der Waals surface area contributed by atoms with Crippen molar-refractivity contribution in [1.29, 1.82) is 0 Å². The Morgan fingerprint density at radius 3 is 2.83 bits per heavy atom. The van der Waals surface area contributed by atoms with E-state index in [0.717, 1.165) is 5.52 Å². The number of nitrogens with one attached hydrogen (secondary N) is 1. The fourth-order valence-corrected chi connectivity index (χ4v) is 3.76. The number of methoxy groups -OCH3 is 2. The number of carbonyl (C=O) groups is 1. The van der Waals surface area contributed by atoms with Crippen LogP contribution in [0.1, 0.15) is 12.5 Å². The molecule has 1 aliphatic heterocycles. The van der Waals surface area contributed by atoms with Crippen molar-refractivity contribution in [2.24, 2.45) is 7.05 Å². The Morgan fingerprint density at radius 1 is 1.24 bits per heavy atom. The maximum Gasteiger partial charge on any atom is 0.330 e. The summed E-state index contributed by atoms with van der Waals surface area (Å²) in [6.07, 6.45) is 2.35. The molecular formula is C20H23N5O4. The number of carbonyl (C=O) groups excluding carboxylic acids is 1. The number of ether oxygens (including phenoxy) is 2. The zero-order valence-electron chi connectivity index (χ0n) is 16.6. The van der Waals surface area contributed by atoms with Gasteiger partial charge in [-0.25, -0.2) is 14.6 Å². The highest BCUT2D eigenvalue weighted by Crippen LogP contribution is 2.30. The summed E-state index contributed by atoms with van der Waals surface area (Å²) in [7, 11) is 4.84. The number of urea groups is 1. The predicted molar refractivity (Wildman–Crippen MR) is 109 cm³/mol. The number of fused-ring (bicyclic) bond motifs is 1. The van der Waals surface area contributed by atoms with Crippen LogP contribution in [0, 0.1) is 0 Å². The number of amides is 2. The van der Waals surface area contributed by atoms with Crippen LogP contribution in [0.25, 0.3) is 11.2 Å². The van der Waals surface area contributed by atoms with Crippen molar-refractivity contribution in [1.82, 2.24) is 19.0 Å². The number of benzene rings is 1. The molecular weight excluding hydrogens is 374 g/mol. The number of anilines is 1. The molecule has 1 aliphatic rings. The molecule has 0 unspecified atom stereocenters. The lowest BCUT2D eigenvalue weighted by Gasteiger charge is -2.19. The van der Waals surface area contributed by atoms with Crippen molar-refractivity contribution in [3.63, 3.8) is 0 Å². The zero-order valence-corrected chi connectivity index (χ0v) is 16.6. The van der Waals surface area contributed by atoms with E-state index < -0.39 is 0 Å². The summed E-state index contributed by atoms with van der Waals surface area (Å²) in [6, 6.07) is 8.52. The van der Waals surface area contributed by atoms with Gasteiger partial charge in [-0.15, -0.1) is 0 Å². The Hall–Kier alpha value is -3.49. The summed E-state index contributed by atoms with van der Waals surface area (Å²) < 4.78 is 13.8. The number of hydrogen-bond donors (Lipinski definition) is 1. The maximum absolute atomic E-state index is 12.8. The monoisotopic (exact) mass is 397 g/mol. The molecule has 1 fully saturated rings. The second-order valence-corrected chi connectivity index (χ2v) is 6.94. The SMILES string of the molecule is COc1ccc(OC)c(NC(=O)N2CC[C@@H](n3c(=O)n(C)c4cccnc43)C2)c1. The van der Waals surface area contributed by atoms with Gasteiger partial charge >= 0.3 is 11.7 Å². The quantitative estimate of drug-likeness (QED) is 0.729. The van der Waals surface area contributed by atoms with Gasteiger partial charge in [-0.2, -0.15) is 0 Å². The van der Waals surface area contributed by atoms with Crippen LogP contribution in [0.3, 0.4) is 0 Å². The first-order valence-electron chi connectivity index (χ1n) is 9.33. The molecule has 9 heteroatoms. The van der Waals surface area contributed by atoms with Gasteiger partial charge in [0.05, 0.1) is 31.5 Å². The Morgan fingerprint density at radius 2 is 2.07 bits per heavy atom. The second-order valence-electron chi connectivity index (χ2n) is 6.94. The zero-order chi connectivity index (χ0) is 20.5. The molecule has 29 heavy (non-hydrogen) atoms. The van der Waals surface area contributed by atoms with Gasteiger partial charge in [0.25, 0.3) is 0 Å². The number of rotatable bonds is 4. The lowest BCUT2D eigenvalue weighted by Crippen LogP contribution is -2.34. The average Bonchev–Trinajstić information content (AvgIpc) is 3.32. The first-order valence-corrected chi connectivity index (χ1v) is 9.33. The molecule has 2 aromatic heterocycles. The lowest BCUT2D eigenvalue weighted by atomic mass is 10.2. The minimum absolute atomic E-state index is 0.125. The summed E-state index contributed by atoms with van der Waals surface area (Å²) >= 11 is 0. The molecule has 0 bridgehead atoms.